The zero-order chi connectivity index (χ0) is 22.1. The standard InChI is InChI=1S/C22H21BrN2O5/c1-4-29-20(26)13-30-21-18(23)10-15(11-19(21)28-3)9-16(12-24)22(27)25-17-7-5-6-14(2)8-17/h5-11H,4,13H2,1-3H3,(H,25,27)/b16-9-. The van der Waals surface area contributed by atoms with Crippen molar-refractivity contribution < 1.29 is 23.8 Å². The van der Waals surface area contributed by atoms with Gasteiger partial charge in [0.2, 0.25) is 0 Å². The molecule has 2 rings (SSSR count). The summed E-state index contributed by atoms with van der Waals surface area (Å²) in [5, 5.41) is 12.1. The molecular formula is C22H21BrN2O5. The zero-order valence-corrected chi connectivity index (χ0v) is 18.4. The molecule has 1 amide bonds. The minimum atomic E-state index is -0.527. The second-order valence-electron chi connectivity index (χ2n) is 6.12. The number of ether oxygens (including phenoxy) is 3. The van der Waals surface area contributed by atoms with Crippen molar-refractivity contribution in [1.82, 2.24) is 0 Å². The van der Waals surface area contributed by atoms with Crippen LogP contribution in [-0.4, -0.2) is 32.2 Å². The van der Waals surface area contributed by atoms with Gasteiger partial charge in [-0.15, -0.1) is 0 Å². The molecule has 0 unspecified atom stereocenters. The first-order valence-electron chi connectivity index (χ1n) is 9.03. The van der Waals surface area contributed by atoms with Crippen LogP contribution in [0, 0.1) is 18.3 Å². The van der Waals surface area contributed by atoms with E-state index in [2.05, 4.69) is 21.2 Å². The first kappa shape index (κ1) is 23.0. The molecule has 156 valence electrons. The first-order valence-corrected chi connectivity index (χ1v) is 9.83. The monoisotopic (exact) mass is 472 g/mol. The second-order valence-corrected chi connectivity index (χ2v) is 6.98. The fourth-order valence-electron chi connectivity index (χ4n) is 2.53. The summed E-state index contributed by atoms with van der Waals surface area (Å²) in [6.45, 7) is 3.59. The molecule has 0 aliphatic rings. The Bertz CT molecular complexity index is 1010. The molecule has 0 aliphatic heterocycles. The summed E-state index contributed by atoms with van der Waals surface area (Å²) < 4.78 is 16.1. The highest BCUT2D eigenvalue weighted by molar-refractivity contribution is 9.10. The number of carbonyl (C=O) groups is 2. The number of esters is 1. The Kier molecular flexibility index (Phi) is 8.44. The van der Waals surface area contributed by atoms with E-state index in [1.165, 1.54) is 13.2 Å². The van der Waals surface area contributed by atoms with Crippen molar-refractivity contribution in [2.24, 2.45) is 0 Å². The van der Waals surface area contributed by atoms with E-state index >= 15 is 0 Å². The number of amides is 1. The van der Waals surface area contributed by atoms with Gasteiger partial charge in [0, 0.05) is 5.69 Å². The van der Waals surface area contributed by atoms with Gasteiger partial charge in [-0.25, -0.2) is 4.79 Å². The number of hydrogen-bond acceptors (Lipinski definition) is 6. The van der Waals surface area contributed by atoms with Crippen molar-refractivity contribution in [3.05, 3.63) is 57.6 Å². The topological polar surface area (TPSA) is 97.7 Å². The van der Waals surface area contributed by atoms with E-state index in [1.807, 2.05) is 31.2 Å². The van der Waals surface area contributed by atoms with Crippen LogP contribution in [0.4, 0.5) is 5.69 Å². The smallest absolute Gasteiger partial charge is 0.344 e. The third kappa shape index (κ3) is 6.36. The fourth-order valence-corrected chi connectivity index (χ4v) is 3.11. The average molecular weight is 473 g/mol. The molecule has 0 radical (unpaired) electrons. The third-order valence-electron chi connectivity index (χ3n) is 3.84. The average Bonchev–Trinajstić information content (AvgIpc) is 2.70. The normalized spacial score (nSPS) is 10.7. The van der Waals surface area contributed by atoms with Gasteiger partial charge >= 0.3 is 5.97 Å². The minimum Gasteiger partial charge on any atom is -0.493 e. The molecule has 0 bridgehead atoms. The molecule has 2 aromatic carbocycles. The number of nitrogens with zero attached hydrogens (tertiary/aromatic N) is 1. The number of anilines is 1. The highest BCUT2D eigenvalue weighted by Crippen LogP contribution is 2.37. The lowest BCUT2D eigenvalue weighted by molar-refractivity contribution is -0.145. The van der Waals surface area contributed by atoms with Crippen LogP contribution in [0.1, 0.15) is 18.1 Å². The summed E-state index contributed by atoms with van der Waals surface area (Å²) in [6.07, 6.45) is 1.44. The van der Waals surface area contributed by atoms with Gasteiger partial charge in [-0.05, 0) is 71.2 Å². The van der Waals surface area contributed by atoms with E-state index in [0.717, 1.165) is 5.56 Å². The Morgan fingerprint density at radius 2 is 2.03 bits per heavy atom. The molecule has 0 atom stereocenters. The largest absolute Gasteiger partial charge is 0.493 e. The van der Waals surface area contributed by atoms with Gasteiger partial charge in [-0.3, -0.25) is 4.79 Å². The first-order chi connectivity index (χ1) is 14.4. The number of nitriles is 1. The minimum absolute atomic E-state index is 0.0781. The Morgan fingerprint density at radius 1 is 1.27 bits per heavy atom. The van der Waals surface area contributed by atoms with E-state index in [0.29, 0.717) is 27.2 Å². The summed E-state index contributed by atoms with van der Waals surface area (Å²) in [4.78, 5) is 24.0. The summed E-state index contributed by atoms with van der Waals surface area (Å²) in [7, 11) is 1.45. The molecule has 0 saturated heterocycles. The van der Waals surface area contributed by atoms with Crippen molar-refractivity contribution in [3.8, 4) is 17.6 Å². The number of hydrogen-bond donors (Lipinski definition) is 1. The van der Waals surface area contributed by atoms with Crippen LogP contribution in [0.3, 0.4) is 0 Å². The number of benzene rings is 2. The molecule has 2 aromatic rings. The van der Waals surface area contributed by atoms with E-state index in [-0.39, 0.29) is 18.8 Å². The van der Waals surface area contributed by atoms with Crippen LogP contribution in [-0.2, 0) is 14.3 Å². The van der Waals surface area contributed by atoms with E-state index in [1.54, 1.807) is 25.1 Å². The van der Waals surface area contributed by atoms with Crippen LogP contribution in [0.5, 0.6) is 11.5 Å². The van der Waals surface area contributed by atoms with Crippen molar-refractivity contribution in [2.75, 3.05) is 25.6 Å². The Labute approximate surface area is 183 Å². The summed E-state index contributed by atoms with van der Waals surface area (Å²) in [5.74, 6) is -0.391. The summed E-state index contributed by atoms with van der Waals surface area (Å²) >= 11 is 3.37. The lowest BCUT2D eigenvalue weighted by Crippen LogP contribution is -2.15. The number of nitrogens with one attached hydrogen (secondary N) is 1. The van der Waals surface area contributed by atoms with Crippen molar-refractivity contribution >= 4 is 39.6 Å². The molecule has 30 heavy (non-hydrogen) atoms. The lowest BCUT2D eigenvalue weighted by Gasteiger charge is -2.13. The van der Waals surface area contributed by atoms with Gasteiger partial charge in [0.1, 0.15) is 11.6 Å². The quantitative estimate of drug-likeness (QED) is 0.350. The molecule has 0 spiro atoms. The summed E-state index contributed by atoms with van der Waals surface area (Å²) in [5.41, 5.74) is 2.05. The molecule has 0 aromatic heterocycles. The van der Waals surface area contributed by atoms with Gasteiger partial charge in [0.05, 0.1) is 18.2 Å². The maximum Gasteiger partial charge on any atom is 0.344 e. The Hall–Kier alpha value is -3.31. The van der Waals surface area contributed by atoms with Crippen molar-refractivity contribution in [3.63, 3.8) is 0 Å². The molecule has 0 aliphatic carbocycles. The van der Waals surface area contributed by atoms with Gasteiger partial charge in [-0.2, -0.15) is 5.26 Å². The maximum atomic E-state index is 12.5. The Balaban J connectivity index is 2.25. The summed E-state index contributed by atoms with van der Waals surface area (Å²) in [6, 6.07) is 12.4. The molecular weight excluding hydrogens is 452 g/mol. The number of halogens is 1. The molecule has 7 nitrogen and oxygen atoms in total. The number of carbonyl (C=O) groups excluding carboxylic acids is 2. The molecule has 0 heterocycles. The van der Waals surface area contributed by atoms with Gasteiger partial charge in [0.25, 0.3) is 5.91 Å². The number of aryl methyl sites for hydroxylation is 1. The van der Waals surface area contributed by atoms with Crippen molar-refractivity contribution in [1.29, 1.82) is 5.26 Å². The van der Waals surface area contributed by atoms with E-state index in [4.69, 9.17) is 14.2 Å². The molecule has 8 heteroatoms. The van der Waals surface area contributed by atoms with Gasteiger partial charge < -0.3 is 19.5 Å². The lowest BCUT2D eigenvalue weighted by atomic mass is 10.1. The fraction of sp³-hybridized carbons (Fsp3) is 0.227. The van der Waals surface area contributed by atoms with Crippen molar-refractivity contribution in [2.45, 2.75) is 13.8 Å². The van der Waals surface area contributed by atoms with Crippen LogP contribution in [0.25, 0.3) is 6.08 Å². The molecule has 0 fully saturated rings. The maximum absolute atomic E-state index is 12.5. The third-order valence-corrected chi connectivity index (χ3v) is 4.43. The number of methoxy groups -OCH3 is 1. The number of rotatable bonds is 8. The van der Waals surface area contributed by atoms with Gasteiger partial charge in [0.15, 0.2) is 18.1 Å². The molecule has 0 saturated carbocycles. The highest BCUT2D eigenvalue weighted by Gasteiger charge is 2.15. The Morgan fingerprint density at radius 3 is 2.67 bits per heavy atom. The van der Waals surface area contributed by atoms with Crippen LogP contribution >= 0.6 is 15.9 Å². The van der Waals surface area contributed by atoms with E-state index in [9.17, 15) is 14.9 Å². The van der Waals surface area contributed by atoms with Crippen LogP contribution in [0.2, 0.25) is 0 Å². The highest BCUT2D eigenvalue weighted by atomic mass is 79.9. The molecule has 1 N–H and O–H groups in total. The zero-order valence-electron chi connectivity index (χ0n) is 16.8. The van der Waals surface area contributed by atoms with Gasteiger partial charge in [-0.1, -0.05) is 12.1 Å². The van der Waals surface area contributed by atoms with Crippen LogP contribution in [0.15, 0.2) is 46.4 Å². The van der Waals surface area contributed by atoms with Crippen LogP contribution < -0.4 is 14.8 Å². The predicted molar refractivity (Wildman–Crippen MR) is 116 cm³/mol. The SMILES string of the molecule is CCOC(=O)COc1c(Br)cc(/C=C(/C#N)C(=O)Nc2cccc(C)c2)cc1OC. The van der Waals surface area contributed by atoms with E-state index < -0.39 is 11.9 Å². The second kappa shape index (κ2) is 11.0. The predicted octanol–water partition coefficient (Wildman–Crippen LogP) is 4.25.